The summed E-state index contributed by atoms with van der Waals surface area (Å²) in [7, 11) is 0. The first-order valence-corrected chi connectivity index (χ1v) is 14.0. The lowest BCUT2D eigenvalue weighted by Gasteiger charge is -2.61. The van der Waals surface area contributed by atoms with E-state index in [4.69, 9.17) is 14.2 Å². The van der Waals surface area contributed by atoms with Crippen molar-refractivity contribution in [2.24, 2.45) is 51.8 Å². The van der Waals surface area contributed by atoms with Crippen molar-refractivity contribution in [3.8, 4) is 0 Å². The molecule has 5 fully saturated rings. The highest BCUT2D eigenvalue weighted by Gasteiger charge is 2.86. The van der Waals surface area contributed by atoms with Crippen LogP contribution in [-0.2, 0) is 33.4 Å². The van der Waals surface area contributed by atoms with Gasteiger partial charge in [0.25, 0.3) is 0 Å². The molecule has 0 N–H and O–H groups in total. The first-order chi connectivity index (χ1) is 16.9. The smallest absolute Gasteiger partial charge is 0.324 e. The molecule has 0 spiro atoms. The number of esters is 3. The molecule has 0 unspecified atom stereocenters. The van der Waals surface area contributed by atoms with Crippen molar-refractivity contribution < 1.29 is 33.4 Å². The highest BCUT2D eigenvalue weighted by molar-refractivity contribution is 6.11. The fourth-order valence-corrected chi connectivity index (χ4v) is 10.1. The summed E-state index contributed by atoms with van der Waals surface area (Å²) in [4.78, 5) is 52.2. The van der Waals surface area contributed by atoms with E-state index in [0.29, 0.717) is 24.2 Å². The minimum absolute atomic E-state index is 0.0194. The van der Waals surface area contributed by atoms with Gasteiger partial charge in [-0.25, -0.2) is 0 Å². The van der Waals surface area contributed by atoms with E-state index in [0.717, 1.165) is 38.5 Å². The van der Waals surface area contributed by atoms with Gasteiger partial charge in [-0.1, -0.05) is 13.8 Å². The van der Waals surface area contributed by atoms with E-state index in [1.165, 1.54) is 6.92 Å². The van der Waals surface area contributed by atoms with Crippen molar-refractivity contribution in [2.75, 3.05) is 13.2 Å². The molecule has 0 aromatic rings. The Hall–Kier alpha value is -1.92. The highest BCUT2D eigenvalue weighted by Crippen LogP contribution is 2.79. The van der Waals surface area contributed by atoms with Gasteiger partial charge in [0, 0.05) is 30.6 Å². The average Bonchev–Trinajstić information content (AvgIpc) is 3.46. The molecular weight excluding hydrogens is 460 g/mol. The zero-order valence-corrected chi connectivity index (χ0v) is 22.7. The number of carbonyl (C=O) groups excluding carboxylic acids is 4. The van der Waals surface area contributed by atoms with Crippen molar-refractivity contribution in [2.45, 2.75) is 92.1 Å². The number of ether oxygens (including phenoxy) is 3. The van der Waals surface area contributed by atoms with Crippen molar-refractivity contribution in [1.29, 1.82) is 0 Å². The molecule has 0 aromatic heterocycles. The Balaban J connectivity index is 1.53. The van der Waals surface area contributed by atoms with E-state index in [9.17, 15) is 19.2 Å². The Morgan fingerprint density at radius 2 is 1.50 bits per heavy atom. The Bertz CT molecular complexity index is 970. The maximum atomic E-state index is 13.4. The van der Waals surface area contributed by atoms with Crippen LogP contribution in [0.3, 0.4) is 0 Å². The molecule has 5 rings (SSSR count). The van der Waals surface area contributed by atoms with E-state index in [1.54, 1.807) is 13.8 Å². The number of Topliss-reactive ketones (excluding diaryl/α,β-unsaturated/α-hetero) is 1. The molecule has 200 valence electrons. The second-order valence-electron chi connectivity index (χ2n) is 12.8. The molecule has 5 aliphatic rings. The Labute approximate surface area is 214 Å². The summed E-state index contributed by atoms with van der Waals surface area (Å²) in [5.41, 5.74) is -2.40. The second kappa shape index (κ2) is 8.29. The minimum atomic E-state index is -1.50. The zero-order valence-electron chi connectivity index (χ0n) is 22.7. The maximum absolute atomic E-state index is 13.4. The topological polar surface area (TPSA) is 96.0 Å². The van der Waals surface area contributed by atoms with Crippen LogP contribution in [0.4, 0.5) is 0 Å². The normalized spacial score (nSPS) is 45.9. The number of hydrogen-bond donors (Lipinski definition) is 0. The average molecular weight is 503 g/mol. The van der Waals surface area contributed by atoms with Crippen LogP contribution in [0.1, 0.15) is 86.5 Å². The third-order valence-corrected chi connectivity index (χ3v) is 11.8. The fourth-order valence-electron chi connectivity index (χ4n) is 10.1. The van der Waals surface area contributed by atoms with E-state index < -0.39 is 28.9 Å². The largest absolute Gasteiger partial charge is 0.465 e. The second-order valence-corrected chi connectivity index (χ2v) is 12.8. The van der Waals surface area contributed by atoms with E-state index in [1.807, 2.05) is 0 Å². The summed E-state index contributed by atoms with van der Waals surface area (Å²) in [6.07, 6.45) is 6.13. The molecular formula is C29H42O7. The molecule has 0 radical (unpaired) electrons. The number of fused-ring (bicyclic) bond motifs is 7. The van der Waals surface area contributed by atoms with Crippen LogP contribution in [0, 0.1) is 51.8 Å². The maximum Gasteiger partial charge on any atom is 0.324 e. The SMILES string of the molecule is CCOC(=O)C1(C(=O)OCC)[C@H]2[C@@H]1C(=O)C[C@@H]1CC[C@@H]3[C@H](CC[C@@]4(C)[C@H]3CC[C@]4(C)OC(C)=O)[C@]12C. The van der Waals surface area contributed by atoms with Crippen molar-refractivity contribution in [3.05, 3.63) is 0 Å². The predicted molar refractivity (Wildman–Crippen MR) is 130 cm³/mol. The number of ketones is 1. The standard InChI is InChI=1S/C29H42O7/c1-7-34-24(32)29(25(33)35-8-2)22-21(31)15-17-9-10-18-19-12-14-27(5,36-16(3)30)26(19,4)13-11-20(18)28(17,6)23(22)29/h17-20,22-23H,7-15H2,1-6H3/t17-,18-,19-,20-,22-,23-,26-,27-,28-/m0/s1. The van der Waals surface area contributed by atoms with Crippen LogP contribution < -0.4 is 0 Å². The fraction of sp³-hybridized carbons (Fsp3) is 0.862. The monoisotopic (exact) mass is 502 g/mol. The quantitative estimate of drug-likeness (QED) is 0.310. The van der Waals surface area contributed by atoms with Gasteiger partial charge < -0.3 is 14.2 Å². The van der Waals surface area contributed by atoms with Crippen LogP contribution in [0.5, 0.6) is 0 Å². The summed E-state index contributed by atoms with van der Waals surface area (Å²) in [6, 6.07) is 0. The van der Waals surface area contributed by atoms with Gasteiger partial charge in [0.15, 0.2) is 5.41 Å². The molecule has 9 atom stereocenters. The van der Waals surface area contributed by atoms with Crippen LogP contribution in [0.25, 0.3) is 0 Å². The summed E-state index contributed by atoms with van der Waals surface area (Å²) < 4.78 is 16.9. The minimum Gasteiger partial charge on any atom is -0.465 e. The van der Waals surface area contributed by atoms with Gasteiger partial charge in [0.05, 0.1) is 13.2 Å². The van der Waals surface area contributed by atoms with Gasteiger partial charge in [-0.2, -0.15) is 0 Å². The molecule has 0 heterocycles. The molecule has 0 aromatic carbocycles. The third kappa shape index (κ3) is 3.03. The van der Waals surface area contributed by atoms with Crippen LogP contribution in [0.15, 0.2) is 0 Å². The van der Waals surface area contributed by atoms with E-state index >= 15 is 0 Å². The number of hydrogen-bond acceptors (Lipinski definition) is 7. The highest BCUT2D eigenvalue weighted by atomic mass is 16.6. The summed E-state index contributed by atoms with van der Waals surface area (Å²) in [5, 5.41) is 0. The van der Waals surface area contributed by atoms with Crippen LogP contribution in [-0.4, -0.2) is 42.5 Å². The lowest BCUT2D eigenvalue weighted by Crippen LogP contribution is -2.57. The molecule has 0 saturated heterocycles. The molecule has 0 aliphatic heterocycles. The van der Waals surface area contributed by atoms with Gasteiger partial charge in [0.1, 0.15) is 11.4 Å². The van der Waals surface area contributed by atoms with Gasteiger partial charge in [-0.15, -0.1) is 0 Å². The van der Waals surface area contributed by atoms with E-state index in [-0.39, 0.29) is 47.6 Å². The van der Waals surface area contributed by atoms with Crippen molar-refractivity contribution in [3.63, 3.8) is 0 Å². The zero-order chi connectivity index (χ0) is 26.3. The summed E-state index contributed by atoms with van der Waals surface area (Å²) in [5.74, 6) is -1.09. The molecule has 0 bridgehead atoms. The van der Waals surface area contributed by atoms with E-state index in [2.05, 4.69) is 20.8 Å². The first kappa shape index (κ1) is 25.7. The van der Waals surface area contributed by atoms with Gasteiger partial charge >= 0.3 is 17.9 Å². The van der Waals surface area contributed by atoms with Gasteiger partial charge in [-0.3, -0.25) is 19.2 Å². The van der Waals surface area contributed by atoms with Crippen LogP contribution >= 0.6 is 0 Å². The van der Waals surface area contributed by atoms with Crippen molar-refractivity contribution >= 4 is 23.7 Å². The molecule has 0 amide bonds. The third-order valence-electron chi connectivity index (χ3n) is 11.8. The first-order valence-electron chi connectivity index (χ1n) is 14.0. The van der Waals surface area contributed by atoms with Crippen molar-refractivity contribution in [1.82, 2.24) is 0 Å². The Morgan fingerprint density at radius 3 is 2.08 bits per heavy atom. The lowest BCUT2D eigenvalue weighted by atomic mass is 9.44. The summed E-state index contributed by atoms with van der Waals surface area (Å²) in [6.45, 7) is 11.9. The number of rotatable bonds is 5. The van der Waals surface area contributed by atoms with Gasteiger partial charge in [0.2, 0.25) is 0 Å². The molecule has 5 aliphatic carbocycles. The Morgan fingerprint density at radius 1 is 0.889 bits per heavy atom. The molecule has 5 saturated carbocycles. The van der Waals surface area contributed by atoms with Crippen LogP contribution in [0.2, 0.25) is 0 Å². The molecule has 36 heavy (non-hydrogen) atoms. The summed E-state index contributed by atoms with van der Waals surface area (Å²) >= 11 is 0. The van der Waals surface area contributed by atoms with Gasteiger partial charge in [-0.05, 0) is 88.4 Å². The lowest BCUT2D eigenvalue weighted by molar-refractivity contribution is -0.185. The Kier molecular flexibility index (Phi) is 5.92. The molecule has 7 nitrogen and oxygen atoms in total. The predicted octanol–water partition coefficient (Wildman–Crippen LogP) is 4.50. The number of carbonyl (C=O) groups is 4. The molecule has 7 heteroatoms.